The van der Waals surface area contributed by atoms with Crippen molar-refractivity contribution in [2.45, 2.75) is 25.3 Å². The smallest absolute Gasteiger partial charge is 0.243 e. The van der Waals surface area contributed by atoms with Crippen LogP contribution < -0.4 is 5.32 Å². The van der Waals surface area contributed by atoms with Gasteiger partial charge in [-0.05, 0) is 55.3 Å². The monoisotopic (exact) mass is 476 g/mol. The van der Waals surface area contributed by atoms with Gasteiger partial charge in [0.2, 0.25) is 15.9 Å². The summed E-state index contributed by atoms with van der Waals surface area (Å²) >= 11 is 12.4. The number of nitrogens with zero attached hydrogens (tertiary/aromatic N) is 1. The van der Waals surface area contributed by atoms with Crippen LogP contribution in [0.3, 0.4) is 0 Å². The molecule has 1 N–H and O–H groups in total. The second-order valence-electron chi connectivity index (χ2n) is 7.19. The number of amides is 1. The third kappa shape index (κ3) is 5.86. The molecule has 3 aromatic rings. The minimum Gasteiger partial charge on any atom is -0.325 e. The van der Waals surface area contributed by atoms with Gasteiger partial charge in [0.15, 0.2) is 0 Å². The predicted octanol–water partition coefficient (Wildman–Crippen LogP) is 5.44. The lowest BCUT2D eigenvalue weighted by molar-refractivity contribution is -0.116. The Bertz CT molecular complexity index is 1200. The lowest BCUT2D eigenvalue weighted by Crippen LogP contribution is -2.37. The second-order valence-corrected chi connectivity index (χ2v) is 9.94. The Morgan fingerprint density at radius 3 is 2.26 bits per heavy atom. The lowest BCUT2D eigenvalue weighted by atomic mass is 10.2. The molecule has 0 bridgehead atoms. The number of hydrogen-bond donors (Lipinski definition) is 1. The van der Waals surface area contributed by atoms with E-state index in [1.807, 2.05) is 13.8 Å². The van der Waals surface area contributed by atoms with Gasteiger partial charge in [0.05, 0.1) is 11.4 Å². The normalized spacial score (nSPS) is 11.5. The van der Waals surface area contributed by atoms with Crippen molar-refractivity contribution in [2.75, 3.05) is 11.9 Å². The van der Waals surface area contributed by atoms with Crippen LogP contribution in [0.15, 0.2) is 71.6 Å². The number of sulfonamides is 1. The first-order valence-electron chi connectivity index (χ1n) is 9.53. The average Bonchev–Trinajstić information content (AvgIpc) is 2.72. The number of halogens is 2. The van der Waals surface area contributed by atoms with Crippen molar-refractivity contribution >= 4 is 44.8 Å². The van der Waals surface area contributed by atoms with Crippen LogP contribution in [0, 0.1) is 13.8 Å². The summed E-state index contributed by atoms with van der Waals surface area (Å²) in [6, 6.07) is 18.6. The highest BCUT2D eigenvalue weighted by molar-refractivity contribution is 7.89. The highest BCUT2D eigenvalue weighted by Crippen LogP contribution is 2.24. The summed E-state index contributed by atoms with van der Waals surface area (Å²) < 4.78 is 27.8. The van der Waals surface area contributed by atoms with Crippen LogP contribution in [0.25, 0.3) is 0 Å². The Hall–Kier alpha value is -2.38. The number of hydrogen-bond acceptors (Lipinski definition) is 3. The molecule has 3 rings (SSSR count). The van der Waals surface area contributed by atoms with Crippen LogP contribution in [0.1, 0.15) is 16.7 Å². The first kappa shape index (κ1) is 23.3. The molecule has 0 fully saturated rings. The van der Waals surface area contributed by atoms with E-state index in [0.29, 0.717) is 21.3 Å². The number of nitrogens with one attached hydrogen (secondary N) is 1. The van der Waals surface area contributed by atoms with E-state index in [9.17, 15) is 13.2 Å². The standard InChI is InChI=1S/C23H22Cl2N2O3S/c1-16-7-11-20(12-8-16)31(29,30)27(14-18-5-3-4-6-21(18)24)15-23(28)26-19-10-9-17(2)22(25)13-19/h3-13H,14-15H2,1-2H3,(H,26,28). The van der Waals surface area contributed by atoms with E-state index in [0.717, 1.165) is 15.4 Å². The Balaban J connectivity index is 1.89. The van der Waals surface area contributed by atoms with Crippen LogP contribution >= 0.6 is 23.2 Å². The summed E-state index contributed by atoms with van der Waals surface area (Å²) in [7, 11) is -3.95. The Labute approximate surface area is 192 Å². The highest BCUT2D eigenvalue weighted by atomic mass is 35.5. The van der Waals surface area contributed by atoms with Gasteiger partial charge in [-0.1, -0.05) is 65.2 Å². The van der Waals surface area contributed by atoms with E-state index in [1.165, 1.54) is 12.1 Å². The molecule has 0 saturated heterocycles. The van der Waals surface area contributed by atoms with Crippen molar-refractivity contribution in [3.8, 4) is 0 Å². The molecule has 5 nitrogen and oxygen atoms in total. The average molecular weight is 477 g/mol. The molecule has 0 aliphatic carbocycles. The number of rotatable bonds is 7. The van der Waals surface area contributed by atoms with Crippen molar-refractivity contribution in [3.63, 3.8) is 0 Å². The van der Waals surface area contributed by atoms with Gasteiger partial charge < -0.3 is 5.32 Å². The van der Waals surface area contributed by atoms with Crippen LogP contribution in [-0.4, -0.2) is 25.2 Å². The Kier molecular flexibility index (Phi) is 7.38. The minimum atomic E-state index is -3.95. The molecular formula is C23H22Cl2N2O3S. The Morgan fingerprint density at radius 2 is 1.61 bits per heavy atom. The van der Waals surface area contributed by atoms with Crippen molar-refractivity contribution in [3.05, 3.63) is 93.5 Å². The summed E-state index contributed by atoms with van der Waals surface area (Å²) in [5, 5.41) is 3.65. The summed E-state index contributed by atoms with van der Waals surface area (Å²) in [6.07, 6.45) is 0. The molecule has 0 spiro atoms. The maximum absolute atomic E-state index is 13.3. The molecule has 0 aliphatic heterocycles. The maximum atomic E-state index is 13.3. The zero-order chi connectivity index (χ0) is 22.6. The quantitative estimate of drug-likeness (QED) is 0.493. The van der Waals surface area contributed by atoms with E-state index in [4.69, 9.17) is 23.2 Å². The number of carbonyl (C=O) groups is 1. The highest BCUT2D eigenvalue weighted by Gasteiger charge is 2.27. The summed E-state index contributed by atoms with van der Waals surface area (Å²) in [5.74, 6) is -0.484. The molecule has 0 radical (unpaired) electrons. The van der Waals surface area contributed by atoms with Gasteiger partial charge in [0, 0.05) is 22.3 Å². The maximum Gasteiger partial charge on any atom is 0.243 e. The van der Waals surface area contributed by atoms with E-state index >= 15 is 0 Å². The topological polar surface area (TPSA) is 66.5 Å². The molecule has 1 amide bonds. The predicted molar refractivity (Wildman–Crippen MR) is 125 cm³/mol. The zero-order valence-electron chi connectivity index (χ0n) is 17.1. The fourth-order valence-electron chi connectivity index (χ4n) is 2.93. The fourth-order valence-corrected chi connectivity index (χ4v) is 4.68. The Morgan fingerprint density at radius 1 is 0.935 bits per heavy atom. The van der Waals surface area contributed by atoms with E-state index in [2.05, 4.69) is 5.32 Å². The number of anilines is 1. The number of carbonyl (C=O) groups excluding carboxylic acids is 1. The molecular weight excluding hydrogens is 455 g/mol. The van der Waals surface area contributed by atoms with Crippen LogP contribution in [-0.2, 0) is 21.4 Å². The van der Waals surface area contributed by atoms with Crippen molar-refractivity contribution in [1.29, 1.82) is 0 Å². The van der Waals surface area contributed by atoms with E-state index in [-0.39, 0.29) is 18.0 Å². The van der Waals surface area contributed by atoms with Gasteiger partial charge in [-0.3, -0.25) is 4.79 Å². The molecule has 8 heteroatoms. The molecule has 3 aromatic carbocycles. The van der Waals surface area contributed by atoms with E-state index < -0.39 is 15.9 Å². The second kappa shape index (κ2) is 9.83. The van der Waals surface area contributed by atoms with Crippen LogP contribution in [0.2, 0.25) is 10.0 Å². The largest absolute Gasteiger partial charge is 0.325 e. The van der Waals surface area contributed by atoms with Gasteiger partial charge in [-0.15, -0.1) is 0 Å². The number of aryl methyl sites for hydroxylation is 2. The lowest BCUT2D eigenvalue weighted by Gasteiger charge is -2.22. The molecule has 31 heavy (non-hydrogen) atoms. The SMILES string of the molecule is Cc1ccc(S(=O)(=O)N(CC(=O)Nc2ccc(C)c(Cl)c2)Cc2ccccc2Cl)cc1. The first-order chi connectivity index (χ1) is 14.7. The first-order valence-corrected chi connectivity index (χ1v) is 11.7. The molecule has 0 aromatic heterocycles. The van der Waals surface area contributed by atoms with Gasteiger partial charge >= 0.3 is 0 Å². The summed E-state index contributed by atoms with van der Waals surface area (Å²) in [6.45, 7) is 3.30. The molecule has 162 valence electrons. The van der Waals surface area contributed by atoms with Crippen molar-refractivity contribution < 1.29 is 13.2 Å². The van der Waals surface area contributed by atoms with Crippen LogP contribution in [0.4, 0.5) is 5.69 Å². The number of benzene rings is 3. The third-order valence-corrected chi connectivity index (χ3v) is 7.32. The minimum absolute atomic E-state index is 0.0437. The van der Waals surface area contributed by atoms with Gasteiger partial charge in [-0.2, -0.15) is 4.31 Å². The van der Waals surface area contributed by atoms with Crippen molar-refractivity contribution in [2.24, 2.45) is 0 Å². The van der Waals surface area contributed by atoms with Gasteiger partial charge in [0.1, 0.15) is 0 Å². The molecule has 0 aliphatic rings. The molecule has 0 unspecified atom stereocenters. The third-order valence-electron chi connectivity index (χ3n) is 4.74. The van der Waals surface area contributed by atoms with Gasteiger partial charge in [0.25, 0.3) is 0 Å². The fraction of sp³-hybridized carbons (Fsp3) is 0.174. The zero-order valence-corrected chi connectivity index (χ0v) is 19.4. The molecule has 0 atom stereocenters. The molecule has 0 saturated carbocycles. The summed E-state index contributed by atoms with van der Waals surface area (Å²) in [4.78, 5) is 12.8. The van der Waals surface area contributed by atoms with E-state index in [1.54, 1.807) is 54.6 Å². The summed E-state index contributed by atoms with van der Waals surface area (Å²) in [5.41, 5.74) is 2.91. The van der Waals surface area contributed by atoms with Crippen LogP contribution in [0.5, 0.6) is 0 Å². The molecule has 0 heterocycles. The van der Waals surface area contributed by atoms with Gasteiger partial charge in [-0.25, -0.2) is 8.42 Å². The van der Waals surface area contributed by atoms with Crippen molar-refractivity contribution in [1.82, 2.24) is 4.31 Å².